The van der Waals surface area contributed by atoms with Crippen molar-refractivity contribution in [3.05, 3.63) is 238 Å². The van der Waals surface area contributed by atoms with E-state index in [2.05, 4.69) is 62.7 Å². The number of carbonyl (C=O) groups is 3. The van der Waals surface area contributed by atoms with Gasteiger partial charge in [-0.3, -0.25) is 19.1 Å². The fourth-order valence-electron chi connectivity index (χ4n) is 14.7. The van der Waals surface area contributed by atoms with Crippen LogP contribution in [0, 0.1) is 0 Å². The summed E-state index contributed by atoms with van der Waals surface area (Å²) in [5.41, 5.74) is 15.8. The van der Waals surface area contributed by atoms with Crippen LogP contribution in [0.4, 0.5) is 0 Å². The number of piperidine rings is 3. The van der Waals surface area contributed by atoms with Gasteiger partial charge in [-0.2, -0.15) is 5.10 Å². The Labute approximate surface area is 589 Å². The predicted octanol–water partition coefficient (Wildman–Crippen LogP) is 14.0. The van der Waals surface area contributed by atoms with Gasteiger partial charge < -0.3 is 67.5 Å². The van der Waals surface area contributed by atoms with Gasteiger partial charge in [0.05, 0.1) is 55.5 Å². The van der Waals surface area contributed by atoms with Crippen LogP contribution in [0.1, 0.15) is 107 Å². The fourth-order valence-corrected chi connectivity index (χ4v) is 14.9. The van der Waals surface area contributed by atoms with Crippen LogP contribution in [0.15, 0.2) is 189 Å². The molecule has 6 aromatic carbocycles. The zero-order valence-electron chi connectivity index (χ0n) is 56.7. The molecule has 0 atom stereocenters. The number of nitrogens with zero attached hydrogens (tertiary/aromatic N) is 8. The highest BCUT2D eigenvalue weighted by Gasteiger charge is 2.48. The summed E-state index contributed by atoms with van der Waals surface area (Å²) in [6.45, 7) is 6.99. The number of likely N-dealkylation sites (tertiary alicyclic amines) is 3. The van der Waals surface area contributed by atoms with E-state index >= 15 is 0 Å². The summed E-state index contributed by atoms with van der Waals surface area (Å²) in [5.74, 6) is 5.25. The number of nitrogens with two attached hydrogens (primary N) is 1. The Balaban J connectivity index is 0.000000143. The number of benzene rings is 6. The van der Waals surface area contributed by atoms with E-state index < -0.39 is 16.8 Å². The maximum absolute atomic E-state index is 13.5. The number of rotatable bonds is 13. The van der Waals surface area contributed by atoms with E-state index in [9.17, 15) is 14.4 Å². The zero-order valence-corrected chi connectivity index (χ0v) is 57.5. The van der Waals surface area contributed by atoms with Crippen molar-refractivity contribution in [3.8, 4) is 68.8 Å². The minimum Gasteiger partial charge on any atom is -0.496 e. The van der Waals surface area contributed by atoms with Crippen molar-refractivity contribution in [2.75, 3.05) is 73.8 Å². The average Bonchev–Trinajstić information content (AvgIpc) is 1.72. The van der Waals surface area contributed by atoms with Gasteiger partial charge in [-0.1, -0.05) is 61.0 Å². The molecule has 20 nitrogen and oxygen atoms in total. The number of halogens is 1. The average molecular weight is 1370 g/mol. The molecule has 0 bridgehead atoms. The molecule has 100 heavy (non-hydrogen) atoms. The van der Waals surface area contributed by atoms with Crippen molar-refractivity contribution in [2.45, 2.75) is 75.2 Å². The third-order valence-corrected chi connectivity index (χ3v) is 20.3. The first-order chi connectivity index (χ1) is 48.8. The van der Waals surface area contributed by atoms with Gasteiger partial charge in [-0.15, -0.1) is 0 Å². The van der Waals surface area contributed by atoms with Gasteiger partial charge in [0.15, 0.2) is 22.7 Å². The lowest BCUT2D eigenvalue weighted by atomic mass is 9.81. The number of amides is 3. The maximum Gasteiger partial charge on any atom is 0.259 e. The largest absolute Gasteiger partial charge is 0.496 e. The Kier molecular flexibility index (Phi) is 18.9. The number of methoxy groups -OCH3 is 3. The number of aryl methyl sites for hydroxylation is 2. The van der Waals surface area contributed by atoms with Crippen LogP contribution >= 0.6 is 11.6 Å². The standard InChI is InChI=1S/C27H24N4O3.C26H27ClN2O5.C26H29N3O3.2H2/c1-30-24-20-10-5-6-12-23(20)34-27(22(24)18-29-30)13-16-31(17-14-27)26(32)21-11-7-15-28-25(21)33-19-8-3-2-4-9-19;1-31-14-15-33-21-8-5-18(16-23(21)32-2)25(30)28-12-9-26(10-13-28)24-4-3-11-29(24)20-7-6-19(27)17-22(20)34-26;1-3-19-7-8-20(16-22(19)31-2)25(30)28-13-10-26(11-14-28)24-5-4-12-29(24)21-9-6-18(17-27)15-23(21)32-26;;/h2-12,15,18H,13-14,16-17H2,1H3;3-8,11,16-17H,9-10,12-15H2,1-2H3;4-9,12,15-16H,3,10-11,13-14,17,27H2,1-2H3;2*1H. The summed E-state index contributed by atoms with van der Waals surface area (Å²) >= 11 is 6.24. The van der Waals surface area contributed by atoms with Crippen molar-refractivity contribution < 1.29 is 55.1 Å². The van der Waals surface area contributed by atoms with Gasteiger partial charge in [0.2, 0.25) is 5.88 Å². The van der Waals surface area contributed by atoms with E-state index in [-0.39, 0.29) is 20.6 Å². The highest BCUT2D eigenvalue weighted by molar-refractivity contribution is 6.30. The third kappa shape index (κ3) is 12.7. The van der Waals surface area contributed by atoms with Crippen LogP contribution in [0.5, 0.6) is 46.1 Å². The Hall–Kier alpha value is -10.5. The number of carbonyl (C=O) groups excluding carboxylic acids is 3. The van der Waals surface area contributed by atoms with E-state index in [0.717, 1.165) is 93.0 Å². The molecule has 21 heteroatoms. The number of hydrogen-bond acceptors (Lipinski definition) is 14. The molecule has 4 aromatic heterocycles. The van der Waals surface area contributed by atoms with Crippen LogP contribution in [0.3, 0.4) is 0 Å². The van der Waals surface area contributed by atoms with Gasteiger partial charge in [-0.05, 0) is 133 Å². The Morgan fingerprint density at radius 3 is 1.79 bits per heavy atom. The molecule has 16 rings (SSSR count). The molecule has 3 spiro atoms. The topological polar surface area (TPSA) is 201 Å². The highest BCUT2D eigenvalue weighted by atomic mass is 35.5. The van der Waals surface area contributed by atoms with Gasteiger partial charge in [0, 0.05) is 153 Å². The van der Waals surface area contributed by atoms with Gasteiger partial charge in [0.25, 0.3) is 17.7 Å². The molecule has 6 aliphatic rings. The van der Waals surface area contributed by atoms with Crippen LogP contribution in [-0.2, 0) is 41.6 Å². The molecule has 3 saturated heterocycles. The summed E-state index contributed by atoms with van der Waals surface area (Å²) in [6.07, 6.45) is 12.8. The van der Waals surface area contributed by atoms with Crippen LogP contribution in [-0.4, -0.2) is 130 Å². The van der Waals surface area contributed by atoms with Crippen molar-refractivity contribution >= 4 is 29.3 Å². The number of ether oxygens (including phenoxy) is 8. The summed E-state index contributed by atoms with van der Waals surface area (Å²) in [6, 6.07) is 52.2. The molecule has 0 saturated carbocycles. The molecule has 2 N–H and O–H groups in total. The lowest BCUT2D eigenvalue weighted by Crippen LogP contribution is -2.50. The zero-order chi connectivity index (χ0) is 69.1. The van der Waals surface area contributed by atoms with Crippen LogP contribution in [0.25, 0.3) is 22.6 Å². The van der Waals surface area contributed by atoms with Gasteiger partial charge >= 0.3 is 0 Å². The van der Waals surface area contributed by atoms with Crippen molar-refractivity contribution in [3.63, 3.8) is 0 Å². The molecular formula is C79H84ClN9O11. The molecule has 0 aliphatic carbocycles. The van der Waals surface area contributed by atoms with Gasteiger partial charge in [-0.25, -0.2) is 4.98 Å². The smallest absolute Gasteiger partial charge is 0.259 e. The summed E-state index contributed by atoms with van der Waals surface area (Å²) in [4.78, 5) is 50.0. The first-order valence-electron chi connectivity index (χ1n) is 34.0. The fraction of sp³-hybridized carbons (Fsp3) is 0.304. The van der Waals surface area contributed by atoms with E-state index in [1.165, 1.54) is 0 Å². The Morgan fingerprint density at radius 2 is 1.16 bits per heavy atom. The lowest BCUT2D eigenvalue weighted by Gasteiger charge is -2.45. The number of aromatic nitrogens is 5. The van der Waals surface area contributed by atoms with E-state index in [1.54, 1.807) is 57.9 Å². The SMILES string of the molecule is CCc1ccc(C(=O)N2CCC3(CC2)Oc2cc(CN)ccc2-n2cccc23)cc1OC.COCCOc1ccc(C(=O)N2CCC3(CC2)Oc2cc(Cl)ccc2-n2cccc23)cc1OC.Cn1ncc2c1-c1ccccc1OC21CCN(C(=O)c2cccnc2Oc2ccccc2)CC1.[HH].[HH]. The second kappa shape index (κ2) is 28.4. The number of hydrogen-bond donors (Lipinski definition) is 1. The first-order valence-corrected chi connectivity index (χ1v) is 34.4. The molecule has 518 valence electrons. The lowest BCUT2D eigenvalue weighted by molar-refractivity contribution is -0.00980. The van der Waals surface area contributed by atoms with Crippen molar-refractivity contribution in [2.24, 2.45) is 12.8 Å². The van der Waals surface area contributed by atoms with Crippen molar-refractivity contribution in [1.29, 1.82) is 0 Å². The Morgan fingerprint density at radius 1 is 0.580 bits per heavy atom. The molecule has 3 amide bonds. The Bertz CT molecular complexity index is 4650. The summed E-state index contributed by atoms with van der Waals surface area (Å²) < 4.78 is 53.7. The third-order valence-electron chi connectivity index (χ3n) is 20.0. The second-order valence-electron chi connectivity index (χ2n) is 25.7. The number of fused-ring (bicyclic) bond motifs is 12. The van der Waals surface area contributed by atoms with Crippen molar-refractivity contribution in [1.82, 2.24) is 38.6 Å². The number of pyridine rings is 1. The predicted molar refractivity (Wildman–Crippen MR) is 383 cm³/mol. The van der Waals surface area contributed by atoms with Crippen LogP contribution < -0.4 is 38.9 Å². The van der Waals surface area contributed by atoms with E-state index in [0.29, 0.717) is 130 Å². The number of para-hydroxylation sites is 2. The molecule has 0 unspecified atom stereocenters. The second-order valence-corrected chi connectivity index (χ2v) is 26.1. The molecular weight excluding hydrogens is 1290 g/mol. The highest BCUT2D eigenvalue weighted by Crippen LogP contribution is 2.51. The van der Waals surface area contributed by atoms with E-state index in [4.69, 9.17) is 55.2 Å². The summed E-state index contributed by atoms with van der Waals surface area (Å²) in [7, 11) is 6.80. The quantitative estimate of drug-likeness (QED) is 0.107. The molecule has 6 aliphatic heterocycles. The van der Waals surface area contributed by atoms with Crippen LogP contribution in [0.2, 0.25) is 5.02 Å². The summed E-state index contributed by atoms with van der Waals surface area (Å²) in [5, 5.41) is 5.17. The minimum atomic E-state index is -0.493. The molecule has 10 heterocycles. The van der Waals surface area contributed by atoms with E-state index in [1.807, 2.05) is 142 Å². The van der Waals surface area contributed by atoms with Gasteiger partial charge in [0.1, 0.15) is 46.5 Å². The molecule has 0 radical (unpaired) electrons. The maximum atomic E-state index is 13.5. The monoisotopic (exact) mass is 1370 g/mol. The molecule has 3 fully saturated rings. The first kappa shape index (κ1) is 66.7. The normalized spacial score (nSPS) is 16.0. The minimum absolute atomic E-state index is 0. The molecule has 10 aromatic rings.